The summed E-state index contributed by atoms with van der Waals surface area (Å²) in [7, 11) is 1.53. The van der Waals surface area contributed by atoms with Crippen LogP contribution in [-0.4, -0.2) is 61.7 Å². The Morgan fingerprint density at radius 3 is 2.63 bits per heavy atom. The van der Waals surface area contributed by atoms with Gasteiger partial charge in [0.1, 0.15) is 5.82 Å². The first kappa shape index (κ1) is 19.5. The molecule has 0 unspecified atom stereocenters. The van der Waals surface area contributed by atoms with E-state index in [1.165, 1.54) is 19.9 Å². The van der Waals surface area contributed by atoms with E-state index >= 15 is 0 Å². The molecule has 7 heteroatoms. The molecule has 2 saturated heterocycles. The number of rotatable bonds is 6. The van der Waals surface area contributed by atoms with Gasteiger partial charge in [-0.25, -0.2) is 9.78 Å². The highest BCUT2D eigenvalue weighted by Crippen LogP contribution is 2.24. The lowest BCUT2D eigenvalue weighted by molar-refractivity contribution is -0.123. The molecule has 1 N–H and O–H groups in total. The molecule has 0 aliphatic carbocycles. The molecule has 2 amide bonds. The summed E-state index contributed by atoms with van der Waals surface area (Å²) in [6, 6.07) is 6.34. The van der Waals surface area contributed by atoms with Gasteiger partial charge >= 0.3 is 6.09 Å². The average Bonchev–Trinajstić information content (AvgIpc) is 3.26. The van der Waals surface area contributed by atoms with Crippen molar-refractivity contribution >= 4 is 17.8 Å². The number of likely N-dealkylation sites (N-methyl/N-ethyl adjacent to an activating group) is 1. The Morgan fingerprint density at radius 1 is 1.19 bits per heavy atom. The molecule has 27 heavy (non-hydrogen) atoms. The molecule has 148 valence electrons. The van der Waals surface area contributed by atoms with Gasteiger partial charge in [0.2, 0.25) is 0 Å². The second kappa shape index (κ2) is 9.58. The molecule has 2 fully saturated rings. The largest absolute Gasteiger partial charge is 0.439 e. The van der Waals surface area contributed by atoms with E-state index in [0.29, 0.717) is 19.0 Å². The number of hydrogen-bond donors (Lipinski definition) is 1. The Labute approximate surface area is 161 Å². The van der Waals surface area contributed by atoms with Gasteiger partial charge < -0.3 is 19.9 Å². The predicted molar refractivity (Wildman–Crippen MR) is 104 cm³/mol. The SMILES string of the molecule is CNC(=O)COC(=O)N1CCC(CCc2cccc(N3CCCC3)n2)CC1. The van der Waals surface area contributed by atoms with Crippen molar-refractivity contribution < 1.29 is 14.3 Å². The minimum atomic E-state index is -0.392. The lowest BCUT2D eigenvalue weighted by Crippen LogP contribution is -2.40. The van der Waals surface area contributed by atoms with E-state index in [0.717, 1.165) is 50.3 Å². The lowest BCUT2D eigenvalue weighted by Gasteiger charge is -2.31. The highest BCUT2D eigenvalue weighted by molar-refractivity contribution is 5.79. The van der Waals surface area contributed by atoms with Crippen LogP contribution in [0.4, 0.5) is 10.6 Å². The molecule has 0 bridgehead atoms. The molecule has 0 saturated carbocycles. The summed E-state index contributed by atoms with van der Waals surface area (Å²) in [5.74, 6) is 1.42. The van der Waals surface area contributed by atoms with E-state index in [4.69, 9.17) is 9.72 Å². The molecule has 0 spiro atoms. The van der Waals surface area contributed by atoms with Crippen molar-refractivity contribution in [3.8, 4) is 0 Å². The number of pyridine rings is 1. The van der Waals surface area contributed by atoms with Crippen LogP contribution >= 0.6 is 0 Å². The molecule has 0 radical (unpaired) electrons. The van der Waals surface area contributed by atoms with Crippen molar-refractivity contribution in [3.63, 3.8) is 0 Å². The molecule has 0 aromatic carbocycles. The molecule has 2 aliphatic rings. The third-order valence-corrected chi connectivity index (χ3v) is 5.51. The maximum absolute atomic E-state index is 12.0. The fraction of sp³-hybridized carbons (Fsp3) is 0.650. The van der Waals surface area contributed by atoms with Crippen molar-refractivity contribution in [1.82, 2.24) is 15.2 Å². The zero-order valence-corrected chi connectivity index (χ0v) is 16.2. The van der Waals surface area contributed by atoms with Crippen LogP contribution in [0.2, 0.25) is 0 Å². The summed E-state index contributed by atoms with van der Waals surface area (Å²) in [5, 5.41) is 2.44. The zero-order valence-electron chi connectivity index (χ0n) is 16.2. The van der Waals surface area contributed by atoms with Gasteiger partial charge in [-0.3, -0.25) is 4.79 Å². The Hall–Kier alpha value is -2.31. The minimum Gasteiger partial charge on any atom is -0.439 e. The first-order valence-electron chi connectivity index (χ1n) is 9.99. The van der Waals surface area contributed by atoms with Gasteiger partial charge in [0.15, 0.2) is 6.61 Å². The molecular weight excluding hydrogens is 344 g/mol. The molecule has 3 heterocycles. The normalized spacial score (nSPS) is 17.8. The summed E-state index contributed by atoms with van der Waals surface area (Å²) < 4.78 is 5.02. The number of piperidine rings is 1. The number of ether oxygens (including phenoxy) is 1. The van der Waals surface area contributed by atoms with Gasteiger partial charge in [0.25, 0.3) is 5.91 Å². The number of amides is 2. The third-order valence-electron chi connectivity index (χ3n) is 5.51. The smallest absolute Gasteiger partial charge is 0.410 e. The van der Waals surface area contributed by atoms with E-state index in [9.17, 15) is 9.59 Å². The summed E-state index contributed by atoms with van der Waals surface area (Å²) in [4.78, 5) is 32.0. The standard InChI is InChI=1S/C20H30N4O3/c1-21-19(25)15-27-20(26)24-13-9-16(10-14-24)7-8-17-5-4-6-18(22-17)23-11-2-3-12-23/h4-6,16H,2-3,7-15H2,1H3,(H,21,25). The maximum atomic E-state index is 12.0. The third kappa shape index (κ3) is 5.58. The topological polar surface area (TPSA) is 74.8 Å². The number of hydrogen-bond acceptors (Lipinski definition) is 5. The van der Waals surface area contributed by atoms with Gasteiger partial charge in [-0.15, -0.1) is 0 Å². The lowest BCUT2D eigenvalue weighted by atomic mass is 9.91. The summed E-state index contributed by atoms with van der Waals surface area (Å²) in [6.07, 6.45) is 6.15. The summed E-state index contributed by atoms with van der Waals surface area (Å²) >= 11 is 0. The maximum Gasteiger partial charge on any atom is 0.410 e. The van der Waals surface area contributed by atoms with Crippen molar-refractivity contribution in [2.75, 3.05) is 44.7 Å². The number of likely N-dealkylation sites (tertiary alicyclic amines) is 1. The zero-order chi connectivity index (χ0) is 19.1. The summed E-state index contributed by atoms with van der Waals surface area (Å²) in [6.45, 7) is 3.40. The van der Waals surface area contributed by atoms with Crippen molar-refractivity contribution in [3.05, 3.63) is 23.9 Å². The summed E-state index contributed by atoms with van der Waals surface area (Å²) in [5.41, 5.74) is 1.16. The molecule has 7 nitrogen and oxygen atoms in total. The number of aromatic nitrogens is 1. The molecule has 1 aromatic rings. The number of nitrogens with one attached hydrogen (secondary N) is 1. The van der Waals surface area contributed by atoms with E-state index in [1.807, 2.05) is 0 Å². The highest BCUT2D eigenvalue weighted by Gasteiger charge is 2.24. The second-order valence-electron chi connectivity index (χ2n) is 7.38. The predicted octanol–water partition coefficient (Wildman–Crippen LogP) is 2.21. The Kier molecular flexibility index (Phi) is 6.90. The van der Waals surface area contributed by atoms with E-state index in [1.54, 1.807) is 4.90 Å². The monoisotopic (exact) mass is 374 g/mol. The Bertz CT molecular complexity index is 638. The molecule has 2 aliphatic heterocycles. The van der Waals surface area contributed by atoms with Crippen molar-refractivity contribution in [2.24, 2.45) is 5.92 Å². The number of nitrogens with zero attached hydrogens (tertiary/aromatic N) is 3. The van der Waals surface area contributed by atoms with Gasteiger partial charge in [-0.1, -0.05) is 6.07 Å². The van der Waals surface area contributed by atoms with Crippen LogP contribution in [0.15, 0.2) is 18.2 Å². The Balaban J connectivity index is 1.40. The molecule has 0 atom stereocenters. The Morgan fingerprint density at radius 2 is 1.93 bits per heavy atom. The fourth-order valence-corrected chi connectivity index (χ4v) is 3.78. The van der Waals surface area contributed by atoms with Gasteiger partial charge in [-0.2, -0.15) is 0 Å². The van der Waals surface area contributed by atoms with Crippen LogP contribution in [0, 0.1) is 5.92 Å². The van der Waals surface area contributed by atoms with Crippen molar-refractivity contribution in [1.29, 1.82) is 0 Å². The van der Waals surface area contributed by atoms with Gasteiger partial charge in [0.05, 0.1) is 0 Å². The van der Waals surface area contributed by atoms with Crippen LogP contribution in [0.25, 0.3) is 0 Å². The number of carbonyl (C=O) groups is 2. The van der Waals surface area contributed by atoms with Crippen LogP contribution < -0.4 is 10.2 Å². The van der Waals surface area contributed by atoms with Gasteiger partial charge in [-0.05, 0) is 56.6 Å². The number of carbonyl (C=O) groups excluding carboxylic acids is 2. The number of anilines is 1. The molecule has 3 rings (SSSR count). The first-order chi connectivity index (χ1) is 13.2. The van der Waals surface area contributed by atoms with Crippen LogP contribution in [0.3, 0.4) is 0 Å². The fourth-order valence-electron chi connectivity index (χ4n) is 3.78. The van der Waals surface area contributed by atoms with Crippen molar-refractivity contribution in [2.45, 2.75) is 38.5 Å². The van der Waals surface area contributed by atoms with E-state index in [-0.39, 0.29) is 12.5 Å². The quantitative estimate of drug-likeness (QED) is 0.826. The second-order valence-corrected chi connectivity index (χ2v) is 7.38. The molecule has 1 aromatic heterocycles. The highest BCUT2D eigenvalue weighted by atomic mass is 16.6. The average molecular weight is 374 g/mol. The number of aryl methyl sites for hydroxylation is 1. The first-order valence-corrected chi connectivity index (χ1v) is 9.99. The minimum absolute atomic E-state index is 0.214. The van der Waals surface area contributed by atoms with E-state index in [2.05, 4.69) is 28.4 Å². The van der Waals surface area contributed by atoms with E-state index < -0.39 is 6.09 Å². The van der Waals surface area contributed by atoms with Crippen LogP contribution in [0.1, 0.15) is 37.8 Å². The van der Waals surface area contributed by atoms with Crippen LogP contribution in [0.5, 0.6) is 0 Å². The molecular formula is C20H30N4O3. The van der Waals surface area contributed by atoms with Gasteiger partial charge in [0, 0.05) is 38.9 Å². The van der Waals surface area contributed by atoms with Crippen LogP contribution in [-0.2, 0) is 16.0 Å².